The molecule has 0 bridgehead atoms. The summed E-state index contributed by atoms with van der Waals surface area (Å²) in [6.07, 6.45) is 2.01. The molecule has 0 aromatic heterocycles. The molecule has 0 radical (unpaired) electrons. The molecule has 0 amide bonds. The van der Waals surface area contributed by atoms with Crippen molar-refractivity contribution in [2.45, 2.75) is 18.9 Å². The molecule has 0 fully saturated rings. The predicted molar refractivity (Wildman–Crippen MR) is 82.4 cm³/mol. The fourth-order valence-electron chi connectivity index (χ4n) is 4.08. The number of hydrogen-bond donors (Lipinski definition) is 1. The molecular weight excluding hydrogens is 278 g/mol. The van der Waals surface area contributed by atoms with E-state index in [1.54, 1.807) is 6.07 Å². The van der Waals surface area contributed by atoms with E-state index in [0.717, 1.165) is 42.0 Å². The van der Waals surface area contributed by atoms with E-state index in [1.165, 1.54) is 16.7 Å². The lowest BCUT2D eigenvalue weighted by Crippen LogP contribution is -2.35. The van der Waals surface area contributed by atoms with Crippen molar-refractivity contribution in [1.82, 2.24) is 4.90 Å². The van der Waals surface area contributed by atoms with Gasteiger partial charge in [-0.15, -0.1) is 0 Å². The summed E-state index contributed by atoms with van der Waals surface area (Å²) in [6.45, 7) is 1.34. The lowest BCUT2D eigenvalue weighted by molar-refractivity contribution is 0.174. The van der Waals surface area contributed by atoms with E-state index >= 15 is 0 Å². The van der Waals surface area contributed by atoms with Crippen LogP contribution in [0.25, 0.3) is 11.1 Å². The molecule has 2 aromatic rings. The molecular formula is C18H17NO3. The van der Waals surface area contributed by atoms with Crippen LogP contribution < -0.4 is 9.47 Å². The smallest absolute Gasteiger partial charge is 0.231 e. The van der Waals surface area contributed by atoms with E-state index in [-0.39, 0.29) is 6.79 Å². The van der Waals surface area contributed by atoms with Crippen LogP contribution in [0.3, 0.4) is 0 Å². The van der Waals surface area contributed by atoms with Gasteiger partial charge in [0.2, 0.25) is 6.79 Å². The minimum Gasteiger partial charge on any atom is -0.508 e. The monoisotopic (exact) mass is 295 g/mol. The van der Waals surface area contributed by atoms with Gasteiger partial charge in [0, 0.05) is 18.2 Å². The molecule has 0 spiro atoms. The van der Waals surface area contributed by atoms with Crippen LogP contribution in [-0.4, -0.2) is 30.4 Å². The van der Waals surface area contributed by atoms with Crippen LogP contribution >= 0.6 is 0 Å². The van der Waals surface area contributed by atoms with Gasteiger partial charge in [-0.3, -0.25) is 4.90 Å². The number of hydrogen-bond acceptors (Lipinski definition) is 4. The zero-order valence-electron chi connectivity index (χ0n) is 12.4. The minimum atomic E-state index is 0.278. The Labute approximate surface area is 128 Å². The number of rotatable bonds is 0. The second-order valence-electron chi connectivity index (χ2n) is 6.35. The summed E-state index contributed by atoms with van der Waals surface area (Å²) in [5.74, 6) is 1.98. The van der Waals surface area contributed by atoms with E-state index in [1.807, 2.05) is 12.1 Å². The third kappa shape index (κ3) is 1.50. The highest BCUT2D eigenvalue weighted by Gasteiger charge is 2.37. The van der Waals surface area contributed by atoms with Gasteiger partial charge in [0.15, 0.2) is 11.5 Å². The van der Waals surface area contributed by atoms with Gasteiger partial charge in [-0.25, -0.2) is 0 Å². The number of aromatic hydroxyl groups is 1. The number of nitrogens with zero attached hydrogens (tertiary/aromatic N) is 1. The zero-order valence-corrected chi connectivity index (χ0v) is 12.4. The molecule has 4 nitrogen and oxygen atoms in total. The second-order valence-corrected chi connectivity index (χ2v) is 6.35. The Balaban J connectivity index is 1.88. The summed E-state index contributed by atoms with van der Waals surface area (Å²) in [5, 5.41) is 9.94. The molecule has 1 atom stereocenters. The van der Waals surface area contributed by atoms with Gasteiger partial charge in [0.1, 0.15) is 5.75 Å². The summed E-state index contributed by atoms with van der Waals surface area (Å²) in [7, 11) is 2.19. The number of benzene rings is 2. The number of ether oxygens (including phenoxy) is 2. The maximum Gasteiger partial charge on any atom is 0.231 e. The largest absolute Gasteiger partial charge is 0.508 e. The Kier molecular flexibility index (Phi) is 2.34. The molecule has 2 heterocycles. The van der Waals surface area contributed by atoms with E-state index < -0.39 is 0 Å². The lowest BCUT2D eigenvalue weighted by Gasteiger charge is -2.40. The molecule has 1 N–H and O–H groups in total. The van der Waals surface area contributed by atoms with Crippen LogP contribution in [0.1, 0.15) is 22.7 Å². The Hall–Kier alpha value is -2.20. The molecule has 0 saturated heterocycles. The fraction of sp³-hybridized carbons (Fsp3) is 0.333. The highest BCUT2D eigenvalue weighted by molar-refractivity contribution is 5.84. The number of fused-ring (bicyclic) bond motifs is 4. The second kappa shape index (κ2) is 4.17. The van der Waals surface area contributed by atoms with E-state index in [9.17, 15) is 5.11 Å². The minimum absolute atomic E-state index is 0.278. The number of phenolic OH excluding ortho intramolecular Hbond substituents is 1. The molecule has 0 unspecified atom stereocenters. The quantitative estimate of drug-likeness (QED) is 0.811. The van der Waals surface area contributed by atoms with E-state index in [2.05, 4.69) is 18.0 Å². The topological polar surface area (TPSA) is 41.9 Å². The molecule has 4 heteroatoms. The van der Waals surface area contributed by atoms with Gasteiger partial charge in [0.25, 0.3) is 0 Å². The van der Waals surface area contributed by atoms with Crippen LogP contribution in [-0.2, 0) is 12.8 Å². The molecule has 5 rings (SSSR count). The first-order valence-corrected chi connectivity index (χ1v) is 7.70. The first-order chi connectivity index (χ1) is 10.7. The third-order valence-electron chi connectivity index (χ3n) is 5.16. The van der Waals surface area contributed by atoms with Crippen molar-refractivity contribution >= 4 is 0 Å². The number of likely N-dealkylation sites (N-methyl/N-ethyl adjacent to an activating group) is 1. The van der Waals surface area contributed by atoms with Gasteiger partial charge < -0.3 is 14.6 Å². The number of phenols is 1. The van der Waals surface area contributed by atoms with Gasteiger partial charge >= 0.3 is 0 Å². The zero-order chi connectivity index (χ0) is 14.8. The Morgan fingerprint density at radius 2 is 2.09 bits per heavy atom. The Bertz CT molecular complexity index is 799. The van der Waals surface area contributed by atoms with Gasteiger partial charge in [-0.2, -0.15) is 0 Å². The van der Waals surface area contributed by atoms with Gasteiger partial charge in [-0.05, 0) is 60.3 Å². The van der Waals surface area contributed by atoms with Crippen LogP contribution in [0.2, 0.25) is 0 Å². The van der Waals surface area contributed by atoms with E-state index in [0.29, 0.717) is 11.8 Å². The molecule has 112 valence electrons. The highest BCUT2D eigenvalue weighted by atomic mass is 16.7. The average molecular weight is 295 g/mol. The third-order valence-corrected chi connectivity index (χ3v) is 5.16. The van der Waals surface area contributed by atoms with Gasteiger partial charge in [0.05, 0.1) is 0 Å². The molecule has 2 aliphatic heterocycles. The standard InChI is InChI=1S/C18H17NO3/c1-19-5-4-11-7-15-18(22-9-21-15)17-13-8-12(20)3-2-10(13)6-14(19)16(11)17/h2-3,7-8,14,20H,4-6,9H2,1H3/t14-/m1/s1. The summed E-state index contributed by atoms with van der Waals surface area (Å²) in [6, 6.07) is 8.19. The highest BCUT2D eigenvalue weighted by Crippen LogP contribution is 2.53. The maximum absolute atomic E-state index is 9.94. The maximum atomic E-state index is 9.94. The predicted octanol–water partition coefficient (Wildman–Crippen LogP) is 2.87. The SMILES string of the molecule is CN1CCc2cc3c(c4c2[C@H]1Cc1ccc(O)cc1-4)OCO3. The Morgan fingerprint density at radius 1 is 1.18 bits per heavy atom. The molecule has 22 heavy (non-hydrogen) atoms. The van der Waals surface area contributed by atoms with Crippen LogP contribution in [0.15, 0.2) is 24.3 Å². The Morgan fingerprint density at radius 3 is 3.00 bits per heavy atom. The van der Waals surface area contributed by atoms with Crippen molar-refractivity contribution in [3.05, 3.63) is 41.0 Å². The fourth-order valence-corrected chi connectivity index (χ4v) is 4.08. The molecule has 1 aliphatic carbocycles. The summed E-state index contributed by atoms with van der Waals surface area (Å²) < 4.78 is 11.4. The van der Waals surface area contributed by atoms with Crippen LogP contribution in [0, 0.1) is 0 Å². The van der Waals surface area contributed by atoms with E-state index in [4.69, 9.17) is 9.47 Å². The van der Waals surface area contributed by atoms with Gasteiger partial charge in [-0.1, -0.05) is 6.07 Å². The normalized spacial score (nSPS) is 21.4. The van der Waals surface area contributed by atoms with Crippen molar-refractivity contribution in [3.8, 4) is 28.4 Å². The summed E-state index contributed by atoms with van der Waals surface area (Å²) >= 11 is 0. The van der Waals surface area contributed by atoms with Crippen molar-refractivity contribution in [1.29, 1.82) is 0 Å². The van der Waals surface area contributed by atoms with Crippen LogP contribution in [0.5, 0.6) is 17.2 Å². The van der Waals surface area contributed by atoms with Crippen molar-refractivity contribution in [3.63, 3.8) is 0 Å². The lowest BCUT2D eigenvalue weighted by atomic mass is 9.76. The first kappa shape index (κ1) is 12.4. The van der Waals surface area contributed by atoms with Crippen molar-refractivity contribution in [2.75, 3.05) is 20.4 Å². The van der Waals surface area contributed by atoms with Crippen LogP contribution in [0.4, 0.5) is 0 Å². The van der Waals surface area contributed by atoms with Crippen molar-refractivity contribution in [2.24, 2.45) is 0 Å². The molecule has 2 aromatic carbocycles. The molecule has 3 aliphatic rings. The average Bonchev–Trinajstić information content (AvgIpc) is 2.98. The summed E-state index contributed by atoms with van der Waals surface area (Å²) in [4.78, 5) is 2.42. The van der Waals surface area contributed by atoms with Crippen molar-refractivity contribution < 1.29 is 14.6 Å². The molecule has 0 saturated carbocycles. The first-order valence-electron chi connectivity index (χ1n) is 7.70. The summed E-state index contributed by atoms with van der Waals surface area (Å²) in [5.41, 5.74) is 6.19.